The van der Waals surface area contributed by atoms with Crippen molar-refractivity contribution in [3.63, 3.8) is 0 Å². The number of thioether (sulfide) groups is 2. The number of methoxy groups -OCH3 is 1. The topological polar surface area (TPSA) is 39.2 Å². The van der Waals surface area contributed by atoms with Crippen LogP contribution in [0.15, 0.2) is 22.1 Å². The highest BCUT2D eigenvalue weighted by atomic mass is 127. The molecule has 0 aliphatic rings. The Morgan fingerprint density at radius 2 is 2.05 bits per heavy atom. The smallest absolute Gasteiger partial charge is 0.224 e. The van der Waals surface area contributed by atoms with Crippen LogP contribution in [0, 0.1) is 3.57 Å². The molecule has 0 saturated carbocycles. The molecule has 1 rings (SSSR count). The molecule has 110 valence electrons. The summed E-state index contributed by atoms with van der Waals surface area (Å²) in [4.78, 5) is 17.0. The summed E-state index contributed by atoms with van der Waals surface area (Å²) in [7, 11) is 1.54. The van der Waals surface area contributed by atoms with E-state index in [0.29, 0.717) is 11.4 Å². The molecule has 0 atom stereocenters. The molecule has 0 radical (unpaired) electrons. The minimum Gasteiger partial charge on any atom is -0.480 e. The van der Waals surface area contributed by atoms with Gasteiger partial charge in [0.2, 0.25) is 5.88 Å². The second kappa shape index (κ2) is 8.94. The summed E-state index contributed by atoms with van der Waals surface area (Å²) in [6.45, 7) is 2.08. The van der Waals surface area contributed by atoms with E-state index in [2.05, 4.69) is 34.5 Å². The highest BCUT2D eigenvalue weighted by molar-refractivity contribution is 14.1. The zero-order valence-corrected chi connectivity index (χ0v) is 15.8. The Hall–Kier alpha value is -0.210. The van der Waals surface area contributed by atoms with Gasteiger partial charge in [0.25, 0.3) is 0 Å². The first-order valence-electron chi connectivity index (χ1n) is 6.14. The molecule has 3 nitrogen and oxygen atoms in total. The number of hydrogen-bond donors (Lipinski definition) is 0. The fourth-order valence-electron chi connectivity index (χ4n) is 1.80. The molecule has 6 heteroatoms. The number of rotatable bonds is 7. The summed E-state index contributed by atoms with van der Waals surface area (Å²) in [5.41, 5.74) is 1.40. The van der Waals surface area contributed by atoms with E-state index >= 15 is 0 Å². The van der Waals surface area contributed by atoms with Gasteiger partial charge in [-0.3, -0.25) is 4.79 Å². The van der Waals surface area contributed by atoms with Crippen molar-refractivity contribution in [3.05, 3.63) is 31.2 Å². The first-order chi connectivity index (χ1) is 9.58. The van der Waals surface area contributed by atoms with Crippen molar-refractivity contribution in [1.29, 1.82) is 0 Å². The molecule has 0 amide bonds. The number of ketones is 1. The lowest BCUT2D eigenvalue weighted by atomic mass is 10.0. The number of allylic oxidation sites excluding steroid dienone is 1. The number of pyridine rings is 1. The third-order valence-electron chi connectivity index (χ3n) is 2.65. The van der Waals surface area contributed by atoms with Gasteiger partial charge in [0, 0.05) is 19.6 Å². The van der Waals surface area contributed by atoms with Crippen LogP contribution in [-0.2, 0) is 0 Å². The summed E-state index contributed by atoms with van der Waals surface area (Å²) in [5, 5.41) is 0. The number of hydrogen-bond acceptors (Lipinski definition) is 5. The van der Waals surface area contributed by atoms with E-state index in [1.807, 2.05) is 18.6 Å². The number of ether oxygens (including phenoxy) is 1. The molecule has 0 unspecified atom stereocenters. The van der Waals surface area contributed by atoms with Crippen molar-refractivity contribution < 1.29 is 9.53 Å². The molecule has 0 spiro atoms. The van der Waals surface area contributed by atoms with Crippen molar-refractivity contribution in [2.45, 2.75) is 19.8 Å². The molecule has 1 aromatic rings. The second-order valence-electron chi connectivity index (χ2n) is 3.96. The number of carbonyl (C=O) groups is 1. The standard InChI is InChI=1S/C14H18INO2S2/c1-5-6-10(14(19-3)20-4)12(17)11-7-9(15)8-16-13(11)18-2/h7-8H,5-6H2,1-4H3. The molecule has 0 N–H and O–H groups in total. The zero-order valence-electron chi connectivity index (χ0n) is 12.0. The normalized spacial score (nSPS) is 10.2. The summed E-state index contributed by atoms with van der Waals surface area (Å²) in [5.74, 6) is 0.416. The lowest BCUT2D eigenvalue weighted by Crippen LogP contribution is -2.09. The van der Waals surface area contributed by atoms with E-state index in [9.17, 15) is 4.79 Å². The lowest BCUT2D eigenvalue weighted by molar-refractivity contribution is 0.102. The number of Topliss-reactive ketones (excluding diaryl/α,β-unsaturated/α-hetero) is 1. The fraction of sp³-hybridized carbons (Fsp3) is 0.429. The van der Waals surface area contributed by atoms with Gasteiger partial charge in [-0.2, -0.15) is 0 Å². The number of halogens is 1. The van der Waals surface area contributed by atoms with E-state index in [-0.39, 0.29) is 5.78 Å². The first-order valence-corrected chi connectivity index (χ1v) is 9.67. The van der Waals surface area contributed by atoms with Crippen LogP contribution in [0.4, 0.5) is 0 Å². The largest absolute Gasteiger partial charge is 0.480 e. The summed E-state index contributed by atoms with van der Waals surface area (Å²) >= 11 is 5.39. The molecule has 1 heterocycles. The Bertz CT molecular complexity index is 512. The molecule has 0 fully saturated rings. The SMILES string of the molecule is CCCC(C(=O)c1cc(I)cnc1OC)=C(SC)SC. The average molecular weight is 423 g/mol. The van der Waals surface area contributed by atoms with E-state index in [0.717, 1.165) is 26.2 Å². The van der Waals surface area contributed by atoms with E-state index in [4.69, 9.17) is 4.74 Å². The second-order valence-corrected chi connectivity index (χ2v) is 7.10. The van der Waals surface area contributed by atoms with Gasteiger partial charge < -0.3 is 4.74 Å². The molecule has 1 aromatic heterocycles. The zero-order chi connectivity index (χ0) is 15.1. The van der Waals surface area contributed by atoms with Crippen LogP contribution in [0.3, 0.4) is 0 Å². The molecule has 0 saturated heterocycles. The Morgan fingerprint density at radius 3 is 2.55 bits per heavy atom. The molecule has 0 aromatic carbocycles. The van der Waals surface area contributed by atoms with Crippen LogP contribution < -0.4 is 4.74 Å². The van der Waals surface area contributed by atoms with Gasteiger partial charge in [-0.05, 0) is 47.6 Å². The molecule has 20 heavy (non-hydrogen) atoms. The van der Waals surface area contributed by atoms with Crippen LogP contribution in [0.1, 0.15) is 30.1 Å². The van der Waals surface area contributed by atoms with Crippen LogP contribution in [0.5, 0.6) is 5.88 Å². The number of aromatic nitrogens is 1. The van der Waals surface area contributed by atoms with Gasteiger partial charge in [-0.1, -0.05) is 13.3 Å². The van der Waals surface area contributed by atoms with Crippen LogP contribution >= 0.6 is 46.1 Å². The van der Waals surface area contributed by atoms with Crippen LogP contribution in [-0.4, -0.2) is 30.4 Å². The van der Waals surface area contributed by atoms with Gasteiger partial charge >= 0.3 is 0 Å². The highest BCUT2D eigenvalue weighted by Gasteiger charge is 2.21. The lowest BCUT2D eigenvalue weighted by Gasteiger charge is -2.12. The van der Waals surface area contributed by atoms with Gasteiger partial charge in [-0.25, -0.2) is 4.98 Å². The summed E-state index contributed by atoms with van der Waals surface area (Å²) in [6, 6.07) is 1.84. The summed E-state index contributed by atoms with van der Waals surface area (Å²) in [6.07, 6.45) is 7.40. The maximum atomic E-state index is 12.8. The maximum absolute atomic E-state index is 12.8. The van der Waals surface area contributed by atoms with Crippen molar-refractivity contribution in [3.8, 4) is 5.88 Å². The maximum Gasteiger partial charge on any atom is 0.224 e. The van der Waals surface area contributed by atoms with Gasteiger partial charge in [-0.15, -0.1) is 23.5 Å². The van der Waals surface area contributed by atoms with Gasteiger partial charge in [0.05, 0.1) is 12.7 Å². The number of nitrogens with zero attached hydrogens (tertiary/aromatic N) is 1. The summed E-state index contributed by atoms with van der Waals surface area (Å²) < 4.78 is 7.22. The van der Waals surface area contributed by atoms with Crippen LogP contribution in [0.2, 0.25) is 0 Å². The molecule has 0 aliphatic heterocycles. The third kappa shape index (κ3) is 4.39. The average Bonchev–Trinajstić information content (AvgIpc) is 2.46. The predicted molar refractivity (Wildman–Crippen MR) is 96.8 cm³/mol. The Kier molecular flexibility index (Phi) is 7.98. The first kappa shape index (κ1) is 17.8. The molecule has 0 aliphatic carbocycles. The van der Waals surface area contributed by atoms with Gasteiger partial charge in [0.1, 0.15) is 0 Å². The van der Waals surface area contributed by atoms with E-state index in [1.165, 1.54) is 0 Å². The fourth-order valence-corrected chi connectivity index (χ4v) is 3.80. The van der Waals surface area contributed by atoms with Crippen molar-refractivity contribution in [2.75, 3.05) is 19.6 Å². The Morgan fingerprint density at radius 1 is 1.40 bits per heavy atom. The minimum atomic E-state index is 0.0217. The molecular formula is C14H18INO2S2. The molecular weight excluding hydrogens is 405 g/mol. The number of carbonyl (C=O) groups excluding carboxylic acids is 1. The monoisotopic (exact) mass is 423 g/mol. The quantitative estimate of drug-likeness (QED) is 0.364. The van der Waals surface area contributed by atoms with E-state index in [1.54, 1.807) is 36.8 Å². The van der Waals surface area contributed by atoms with Crippen molar-refractivity contribution in [2.24, 2.45) is 0 Å². The predicted octanol–water partition coefficient (Wildman–Crippen LogP) is 4.62. The third-order valence-corrected chi connectivity index (χ3v) is 5.47. The van der Waals surface area contributed by atoms with Crippen molar-refractivity contribution >= 4 is 51.9 Å². The highest BCUT2D eigenvalue weighted by Crippen LogP contribution is 2.33. The van der Waals surface area contributed by atoms with E-state index < -0.39 is 0 Å². The van der Waals surface area contributed by atoms with Crippen LogP contribution in [0.25, 0.3) is 0 Å². The van der Waals surface area contributed by atoms with Gasteiger partial charge in [0.15, 0.2) is 5.78 Å². The Balaban J connectivity index is 3.32. The minimum absolute atomic E-state index is 0.0217. The van der Waals surface area contributed by atoms with Crippen molar-refractivity contribution in [1.82, 2.24) is 4.98 Å². The Labute approximate surface area is 142 Å². The molecule has 0 bridgehead atoms.